The quantitative estimate of drug-likeness (QED) is 0.364. The SMILES string of the molecule is Cn1c(-c2ccc(F)cc2)nc2nc(C(=O)N3CCCC(COc4cccnc4C(F)(F)F)C3)cnc21. The number of amides is 1. The Hall–Kier alpha value is -4.09. The Labute approximate surface area is 209 Å². The number of rotatable bonds is 5. The number of piperidine rings is 1. The van der Waals surface area contributed by atoms with E-state index in [1.54, 1.807) is 28.6 Å². The Morgan fingerprint density at radius 3 is 2.68 bits per heavy atom. The van der Waals surface area contributed by atoms with Crippen molar-refractivity contribution in [3.63, 3.8) is 0 Å². The van der Waals surface area contributed by atoms with Crippen LogP contribution in [0.3, 0.4) is 0 Å². The maximum absolute atomic E-state index is 13.3. The summed E-state index contributed by atoms with van der Waals surface area (Å²) in [7, 11) is 1.76. The Balaban J connectivity index is 1.30. The summed E-state index contributed by atoms with van der Waals surface area (Å²) in [6, 6.07) is 8.48. The maximum atomic E-state index is 13.3. The van der Waals surface area contributed by atoms with Gasteiger partial charge in [0.15, 0.2) is 17.0 Å². The second-order valence-corrected chi connectivity index (χ2v) is 8.82. The molecule has 4 aromatic rings. The number of hydrogen-bond acceptors (Lipinski definition) is 6. The maximum Gasteiger partial charge on any atom is 0.437 e. The van der Waals surface area contributed by atoms with Crippen LogP contribution < -0.4 is 4.74 Å². The lowest BCUT2D eigenvalue weighted by molar-refractivity contribution is -0.142. The summed E-state index contributed by atoms with van der Waals surface area (Å²) >= 11 is 0. The van der Waals surface area contributed by atoms with Gasteiger partial charge in [-0.2, -0.15) is 13.2 Å². The number of fused-ring (bicyclic) bond motifs is 1. The molecule has 1 saturated heterocycles. The van der Waals surface area contributed by atoms with Crippen molar-refractivity contribution < 1.29 is 27.1 Å². The molecule has 4 heterocycles. The van der Waals surface area contributed by atoms with Crippen LogP contribution in [-0.2, 0) is 13.2 Å². The van der Waals surface area contributed by atoms with Crippen molar-refractivity contribution in [3.8, 4) is 17.1 Å². The highest BCUT2D eigenvalue weighted by Gasteiger charge is 2.36. The third-order valence-corrected chi connectivity index (χ3v) is 6.22. The van der Waals surface area contributed by atoms with E-state index in [-0.39, 0.29) is 41.3 Å². The lowest BCUT2D eigenvalue weighted by Gasteiger charge is -2.32. The summed E-state index contributed by atoms with van der Waals surface area (Å²) in [5.41, 5.74) is 0.471. The molecule has 1 aromatic carbocycles. The van der Waals surface area contributed by atoms with Gasteiger partial charge in [-0.3, -0.25) is 4.79 Å². The summed E-state index contributed by atoms with van der Waals surface area (Å²) in [6.07, 6.45) is -0.792. The second-order valence-electron chi connectivity index (χ2n) is 8.82. The van der Waals surface area contributed by atoms with Gasteiger partial charge < -0.3 is 14.2 Å². The monoisotopic (exact) mass is 514 g/mol. The van der Waals surface area contributed by atoms with Gasteiger partial charge in [0, 0.05) is 37.8 Å². The van der Waals surface area contributed by atoms with Crippen molar-refractivity contribution in [2.75, 3.05) is 19.7 Å². The molecular formula is C25H22F4N6O2. The largest absolute Gasteiger partial charge is 0.491 e. The number of benzene rings is 1. The van der Waals surface area contributed by atoms with Gasteiger partial charge in [-0.1, -0.05) is 0 Å². The third-order valence-electron chi connectivity index (χ3n) is 6.22. The minimum Gasteiger partial charge on any atom is -0.491 e. The molecule has 1 amide bonds. The molecule has 0 N–H and O–H groups in total. The fourth-order valence-electron chi connectivity index (χ4n) is 4.40. The number of likely N-dealkylation sites (tertiary alicyclic amines) is 1. The number of pyridine rings is 1. The number of nitrogens with zero attached hydrogens (tertiary/aromatic N) is 6. The molecule has 0 aliphatic carbocycles. The van der Waals surface area contributed by atoms with Gasteiger partial charge in [-0.15, -0.1) is 0 Å². The van der Waals surface area contributed by atoms with Gasteiger partial charge in [0.05, 0.1) is 12.8 Å². The number of carbonyl (C=O) groups excluding carboxylic acids is 1. The van der Waals surface area contributed by atoms with E-state index in [4.69, 9.17) is 4.74 Å². The standard InChI is InChI=1S/C25H22F4N6O2/c1-34-22(16-6-8-17(26)9-7-16)33-21-23(34)31-12-18(32-21)24(36)35-11-3-4-15(13-35)14-37-19-5-2-10-30-20(19)25(27,28)29/h2,5-10,12,15H,3-4,11,13-14H2,1H3. The number of alkyl halides is 3. The summed E-state index contributed by atoms with van der Waals surface area (Å²) in [5.74, 6) is -0.663. The number of carbonyl (C=O) groups is 1. The van der Waals surface area contributed by atoms with Crippen molar-refractivity contribution in [1.82, 2.24) is 29.4 Å². The molecule has 1 aliphatic heterocycles. The summed E-state index contributed by atoms with van der Waals surface area (Å²) in [6.45, 7) is 0.812. The molecule has 37 heavy (non-hydrogen) atoms. The second kappa shape index (κ2) is 9.75. The number of aromatic nitrogens is 5. The molecule has 0 saturated carbocycles. The lowest BCUT2D eigenvalue weighted by atomic mass is 9.98. The fraction of sp³-hybridized carbons (Fsp3) is 0.320. The van der Waals surface area contributed by atoms with Crippen LogP contribution in [-0.4, -0.2) is 55.0 Å². The topological polar surface area (TPSA) is 86.0 Å². The van der Waals surface area contributed by atoms with Crippen molar-refractivity contribution in [2.24, 2.45) is 13.0 Å². The highest BCUT2D eigenvalue weighted by atomic mass is 19.4. The van der Waals surface area contributed by atoms with Gasteiger partial charge >= 0.3 is 6.18 Å². The molecule has 192 valence electrons. The summed E-state index contributed by atoms with van der Waals surface area (Å²) < 4.78 is 60.1. The van der Waals surface area contributed by atoms with Crippen LogP contribution in [0.4, 0.5) is 17.6 Å². The molecule has 0 spiro atoms. The van der Waals surface area contributed by atoms with Crippen molar-refractivity contribution in [3.05, 3.63) is 66.0 Å². The molecule has 1 aliphatic rings. The van der Waals surface area contributed by atoms with E-state index < -0.39 is 11.9 Å². The number of hydrogen-bond donors (Lipinski definition) is 0. The zero-order chi connectivity index (χ0) is 26.2. The van der Waals surface area contributed by atoms with Gasteiger partial charge in [-0.25, -0.2) is 24.3 Å². The highest BCUT2D eigenvalue weighted by molar-refractivity contribution is 5.93. The van der Waals surface area contributed by atoms with E-state index in [0.717, 1.165) is 6.20 Å². The molecule has 0 bridgehead atoms. The van der Waals surface area contributed by atoms with Crippen LogP contribution in [0, 0.1) is 11.7 Å². The van der Waals surface area contributed by atoms with E-state index in [1.165, 1.54) is 30.5 Å². The smallest absolute Gasteiger partial charge is 0.437 e. The van der Waals surface area contributed by atoms with E-state index in [1.807, 2.05) is 0 Å². The van der Waals surface area contributed by atoms with Crippen LogP contribution in [0.25, 0.3) is 22.7 Å². The molecule has 1 unspecified atom stereocenters. The Morgan fingerprint density at radius 2 is 1.92 bits per heavy atom. The number of ether oxygens (including phenoxy) is 1. The summed E-state index contributed by atoms with van der Waals surface area (Å²) in [5, 5.41) is 0. The molecule has 8 nitrogen and oxygen atoms in total. The summed E-state index contributed by atoms with van der Waals surface area (Å²) in [4.78, 5) is 31.5. The van der Waals surface area contributed by atoms with Gasteiger partial charge in [0.2, 0.25) is 0 Å². The van der Waals surface area contributed by atoms with Crippen molar-refractivity contribution in [2.45, 2.75) is 19.0 Å². The average Bonchev–Trinajstić information content (AvgIpc) is 3.23. The van der Waals surface area contributed by atoms with E-state index >= 15 is 0 Å². The number of halogens is 4. The molecule has 12 heteroatoms. The Bertz CT molecular complexity index is 1440. The van der Waals surface area contributed by atoms with E-state index in [9.17, 15) is 22.4 Å². The van der Waals surface area contributed by atoms with E-state index in [2.05, 4.69) is 19.9 Å². The zero-order valence-corrected chi connectivity index (χ0v) is 19.7. The number of aryl methyl sites for hydroxylation is 1. The van der Waals surface area contributed by atoms with Crippen LogP contribution >= 0.6 is 0 Å². The molecule has 1 atom stereocenters. The minimum atomic E-state index is -4.62. The molecule has 0 radical (unpaired) electrons. The molecular weight excluding hydrogens is 492 g/mol. The van der Waals surface area contributed by atoms with Crippen molar-refractivity contribution >= 4 is 17.2 Å². The van der Waals surface area contributed by atoms with Gasteiger partial charge in [0.1, 0.15) is 23.1 Å². The average molecular weight is 514 g/mol. The van der Waals surface area contributed by atoms with Crippen LogP contribution in [0.2, 0.25) is 0 Å². The van der Waals surface area contributed by atoms with Crippen LogP contribution in [0.1, 0.15) is 29.0 Å². The predicted molar refractivity (Wildman–Crippen MR) is 125 cm³/mol. The van der Waals surface area contributed by atoms with Crippen LogP contribution in [0.15, 0.2) is 48.8 Å². The minimum absolute atomic E-state index is 0.0184. The molecule has 3 aromatic heterocycles. The number of imidazole rings is 1. The molecule has 1 fully saturated rings. The molecule has 5 rings (SSSR count). The highest BCUT2D eigenvalue weighted by Crippen LogP contribution is 2.34. The Kier molecular flexibility index (Phi) is 6.48. The normalized spacial score (nSPS) is 16.2. The van der Waals surface area contributed by atoms with Crippen LogP contribution in [0.5, 0.6) is 5.75 Å². The first kappa shape index (κ1) is 24.6. The first-order chi connectivity index (χ1) is 17.7. The van der Waals surface area contributed by atoms with E-state index in [0.29, 0.717) is 43.0 Å². The van der Waals surface area contributed by atoms with Crippen molar-refractivity contribution in [1.29, 1.82) is 0 Å². The fourth-order valence-corrected chi connectivity index (χ4v) is 4.40. The lowest BCUT2D eigenvalue weighted by Crippen LogP contribution is -2.42. The Morgan fingerprint density at radius 1 is 1.14 bits per heavy atom. The first-order valence-corrected chi connectivity index (χ1v) is 11.6. The van der Waals surface area contributed by atoms with Gasteiger partial charge in [0.25, 0.3) is 5.91 Å². The first-order valence-electron chi connectivity index (χ1n) is 11.6. The third kappa shape index (κ3) is 5.09. The predicted octanol–water partition coefficient (Wildman–Crippen LogP) is 4.51. The van der Waals surface area contributed by atoms with Gasteiger partial charge in [-0.05, 0) is 49.2 Å². The zero-order valence-electron chi connectivity index (χ0n) is 19.7.